The second-order valence-electron chi connectivity index (χ2n) is 5.86. The van der Waals surface area contributed by atoms with Gasteiger partial charge in [0, 0.05) is 17.8 Å². The van der Waals surface area contributed by atoms with Crippen molar-refractivity contribution >= 4 is 28.0 Å². The number of thiazole rings is 1. The molecule has 0 aliphatic heterocycles. The van der Waals surface area contributed by atoms with Gasteiger partial charge in [0.2, 0.25) is 0 Å². The molecule has 0 saturated heterocycles. The van der Waals surface area contributed by atoms with Crippen molar-refractivity contribution in [3.8, 4) is 0 Å². The maximum absolute atomic E-state index is 12.4. The zero-order chi connectivity index (χ0) is 17.9. The van der Waals surface area contributed by atoms with E-state index < -0.39 is 0 Å². The molecule has 0 aliphatic carbocycles. The largest absolute Gasteiger partial charge is 0.319 e. The summed E-state index contributed by atoms with van der Waals surface area (Å²) in [7, 11) is 0. The van der Waals surface area contributed by atoms with E-state index in [4.69, 9.17) is 0 Å². The van der Waals surface area contributed by atoms with Crippen LogP contribution in [0.4, 0.5) is 0 Å². The van der Waals surface area contributed by atoms with Crippen molar-refractivity contribution in [2.75, 3.05) is 0 Å². The Morgan fingerprint density at radius 2 is 2.00 bits per heavy atom. The molecule has 0 spiro atoms. The Morgan fingerprint density at radius 3 is 2.88 bits per heavy atom. The zero-order valence-corrected chi connectivity index (χ0v) is 15.0. The molecule has 0 atom stereocenters. The molecule has 4 aromatic rings. The molecular formula is C20H16N4OS. The molecule has 0 bridgehead atoms. The van der Waals surface area contributed by atoms with E-state index in [0.717, 1.165) is 0 Å². The lowest BCUT2D eigenvalue weighted by Crippen LogP contribution is -2.17. The summed E-state index contributed by atoms with van der Waals surface area (Å²) in [6.07, 6.45) is 3.52. The van der Waals surface area contributed by atoms with Gasteiger partial charge in [-0.3, -0.25) is 4.79 Å². The van der Waals surface area contributed by atoms with Crippen LogP contribution in [0.15, 0.2) is 71.3 Å². The fourth-order valence-corrected chi connectivity index (χ4v) is 3.57. The van der Waals surface area contributed by atoms with E-state index in [1.165, 1.54) is 27.7 Å². The Kier molecular flexibility index (Phi) is 4.41. The smallest absolute Gasteiger partial charge is 0.298 e. The van der Waals surface area contributed by atoms with Crippen LogP contribution in [-0.2, 0) is 6.54 Å². The van der Waals surface area contributed by atoms with E-state index in [2.05, 4.69) is 45.3 Å². The standard InChI is InChI=1S/C20H16N4OS/c1-14-21-10-9-18(22-14)19(25)23-20-24(11-12-26-20)13-16-7-4-6-15-5-2-3-8-17(15)16/h2-12H,13H2,1H3. The van der Waals surface area contributed by atoms with Gasteiger partial charge in [0.05, 0.1) is 6.54 Å². The number of rotatable bonds is 3. The summed E-state index contributed by atoms with van der Waals surface area (Å²) in [6, 6.07) is 16.1. The lowest BCUT2D eigenvalue weighted by atomic mass is 10.0. The number of benzene rings is 2. The topological polar surface area (TPSA) is 60.1 Å². The molecule has 0 aliphatic rings. The molecule has 2 aromatic heterocycles. The predicted molar refractivity (Wildman–Crippen MR) is 102 cm³/mol. The summed E-state index contributed by atoms with van der Waals surface area (Å²) in [5.74, 6) is 0.200. The Bertz CT molecular complexity index is 1150. The van der Waals surface area contributed by atoms with Gasteiger partial charge in [-0.1, -0.05) is 42.5 Å². The summed E-state index contributed by atoms with van der Waals surface area (Å²) in [6.45, 7) is 2.41. The van der Waals surface area contributed by atoms with Crippen molar-refractivity contribution in [3.63, 3.8) is 0 Å². The highest BCUT2D eigenvalue weighted by Crippen LogP contribution is 2.19. The Morgan fingerprint density at radius 1 is 1.15 bits per heavy atom. The first-order valence-electron chi connectivity index (χ1n) is 8.20. The number of amides is 1. The Labute approximate surface area is 154 Å². The molecule has 0 radical (unpaired) electrons. The summed E-state index contributed by atoms with van der Waals surface area (Å²) < 4.78 is 1.98. The molecule has 26 heavy (non-hydrogen) atoms. The molecule has 4 rings (SSSR count). The van der Waals surface area contributed by atoms with Crippen LogP contribution in [0.1, 0.15) is 21.9 Å². The van der Waals surface area contributed by atoms with E-state index in [0.29, 0.717) is 22.9 Å². The van der Waals surface area contributed by atoms with Crippen LogP contribution in [0.2, 0.25) is 0 Å². The summed E-state index contributed by atoms with van der Waals surface area (Å²) in [4.78, 5) is 25.5. The minimum atomic E-state index is -0.357. The SMILES string of the molecule is Cc1nccc(C(=O)N=c2sccn2Cc2cccc3ccccc23)n1. The van der Waals surface area contributed by atoms with Gasteiger partial charge in [-0.25, -0.2) is 9.97 Å². The van der Waals surface area contributed by atoms with Crippen molar-refractivity contribution in [1.82, 2.24) is 14.5 Å². The first kappa shape index (κ1) is 16.4. The highest BCUT2D eigenvalue weighted by molar-refractivity contribution is 7.07. The average molecular weight is 360 g/mol. The molecule has 6 heteroatoms. The van der Waals surface area contributed by atoms with Gasteiger partial charge in [0.1, 0.15) is 11.5 Å². The zero-order valence-electron chi connectivity index (χ0n) is 14.2. The molecule has 128 valence electrons. The number of hydrogen-bond donors (Lipinski definition) is 0. The quantitative estimate of drug-likeness (QED) is 0.561. The molecule has 0 fully saturated rings. The minimum Gasteiger partial charge on any atom is -0.319 e. The van der Waals surface area contributed by atoms with Crippen LogP contribution in [0.5, 0.6) is 0 Å². The molecule has 2 heterocycles. The van der Waals surface area contributed by atoms with Gasteiger partial charge in [-0.05, 0) is 29.3 Å². The first-order valence-corrected chi connectivity index (χ1v) is 9.08. The number of aryl methyl sites for hydroxylation is 1. The average Bonchev–Trinajstić information content (AvgIpc) is 3.09. The molecule has 0 N–H and O–H groups in total. The van der Waals surface area contributed by atoms with E-state index in [1.54, 1.807) is 19.2 Å². The van der Waals surface area contributed by atoms with E-state index in [-0.39, 0.29) is 5.91 Å². The fraction of sp³-hybridized carbons (Fsp3) is 0.100. The number of fused-ring (bicyclic) bond motifs is 1. The highest BCUT2D eigenvalue weighted by Gasteiger charge is 2.08. The number of carbonyl (C=O) groups excluding carboxylic acids is 1. The van der Waals surface area contributed by atoms with Crippen molar-refractivity contribution in [2.45, 2.75) is 13.5 Å². The summed E-state index contributed by atoms with van der Waals surface area (Å²) in [5.41, 5.74) is 1.50. The maximum Gasteiger partial charge on any atom is 0.298 e. The predicted octanol–water partition coefficient (Wildman–Crippen LogP) is 3.59. The van der Waals surface area contributed by atoms with Crippen LogP contribution < -0.4 is 4.80 Å². The summed E-state index contributed by atoms with van der Waals surface area (Å²) in [5, 5.41) is 4.34. The molecule has 1 amide bonds. The van der Waals surface area contributed by atoms with E-state index in [1.807, 2.05) is 28.3 Å². The monoisotopic (exact) mass is 360 g/mol. The van der Waals surface area contributed by atoms with Crippen molar-refractivity contribution in [1.29, 1.82) is 0 Å². The van der Waals surface area contributed by atoms with Gasteiger partial charge >= 0.3 is 0 Å². The Balaban J connectivity index is 1.70. The summed E-state index contributed by atoms with van der Waals surface area (Å²) >= 11 is 1.43. The molecule has 5 nitrogen and oxygen atoms in total. The fourth-order valence-electron chi connectivity index (χ4n) is 2.84. The van der Waals surface area contributed by atoms with Crippen LogP contribution >= 0.6 is 11.3 Å². The molecule has 0 saturated carbocycles. The normalized spacial score (nSPS) is 11.8. The third kappa shape index (κ3) is 3.32. The molecule has 0 unspecified atom stereocenters. The van der Waals surface area contributed by atoms with Crippen molar-refractivity contribution < 1.29 is 4.79 Å². The molecular weight excluding hydrogens is 344 g/mol. The van der Waals surface area contributed by atoms with Gasteiger partial charge in [0.25, 0.3) is 5.91 Å². The number of aromatic nitrogens is 3. The van der Waals surface area contributed by atoms with Crippen LogP contribution in [0, 0.1) is 6.92 Å². The van der Waals surface area contributed by atoms with Crippen LogP contribution in [-0.4, -0.2) is 20.4 Å². The van der Waals surface area contributed by atoms with Gasteiger partial charge in [-0.15, -0.1) is 11.3 Å². The Hall–Kier alpha value is -3.12. The van der Waals surface area contributed by atoms with E-state index >= 15 is 0 Å². The minimum absolute atomic E-state index is 0.308. The van der Waals surface area contributed by atoms with E-state index in [9.17, 15) is 4.79 Å². The van der Waals surface area contributed by atoms with Gasteiger partial charge in [-0.2, -0.15) is 4.99 Å². The van der Waals surface area contributed by atoms with Crippen LogP contribution in [0.3, 0.4) is 0 Å². The lowest BCUT2D eigenvalue weighted by molar-refractivity contribution is 0.0992. The second-order valence-corrected chi connectivity index (χ2v) is 6.73. The number of carbonyl (C=O) groups is 1. The number of nitrogens with zero attached hydrogens (tertiary/aromatic N) is 4. The highest BCUT2D eigenvalue weighted by atomic mass is 32.1. The second kappa shape index (κ2) is 7.01. The van der Waals surface area contributed by atoms with Crippen molar-refractivity contribution in [2.24, 2.45) is 4.99 Å². The van der Waals surface area contributed by atoms with Crippen molar-refractivity contribution in [3.05, 3.63) is 88.2 Å². The third-order valence-corrected chi connectivity index (χ3v) is 4.87. The molecule has 2 aromatic carbocycles. The lowest BCUT2D eigenvalue weighted by Gasteiger charge is -2.07. The van der Waals surface area contributed by atoms with Crippen LogP contribution in [0.25, 0.3) is 10.8 Å². The first-order chi connectivity index (χ1) is 12.7. The van der Waals surface area contributed by atoms with Gasteiger partial charge in [0.15, 0.2) is 4.80 Å². The third-order valence-electron chi connectivity index (χ3n) is 4.07. The van der Waals surface area contributed by atoms with Gasteiger partial charge < -0.3 is 4.57 Å². The maximum atomic E-state index is 12.4. The number of hydrogen-bond acceptors (Lipinski definition) is 4.